The largest absolute Gasteiger partial charge is 0.461 e. The normalized spacial score (nSPS) is 18.0. The molecule has 174 valence electrons. The second-order valence-corrected chi connectivity index (χ2v) is 8.29. The lowest BCUT2D eigenvalue weighted by Crippen LogP contribution is -2.42. The van der Waals surface area contributed by atoms with E-state index in [9.17, 15) is 19.7 Å². The predicted octanol–water partition coefficient (Wildman–Crippen LogP) is 3.40. The molecule has 2 atom stereocenters. The molecule has 0 radical (unpaired) electrons. The van der Waals surface area contributed by atoms with Crippen LogP contribution in [0.25, 0.3) is 0 Å². The summed E-state index contributed by atoms with van der Waals surface area (Å²) in [7, 11) is 0. The number of ether oxygens (including phenoxy) is 1. The van der Waals surface area contributed by atoms with Crippen LogP contribution in [0, 0.1) is 10.1 Å². The van der Waals surface area contributed by atoms with E-state index in [1.807, 2.05) is 65.6 Å². The number of rotatable bonds is 8. The number of nitro groups is 1. The van der Waals surface area contributed by atoms with Crippen LogP contribution >= 0.6 is 0 Å². The maximum atomic E-state index is 12.6. The van der Waals surface area contributed by atoms with Crippen LogP contribution < -0.4 is 5.73 Å². The lowest BCUT2D eigenvalue weighted by Gasteiger charge is -2.32. The molecule has 3 aromatic carbocycles. The van der Waals surface area contributed by atoms with Gasteiger partial charge < -0.3 is 10.5 Å². The van der Waals surface area contributed by atoms with Gasteiger partial charge in [-0.05, 0) is 16.7 Å². The molecule has 1 fully saturated rings. The van der Waals surface area contributed by atoms with Crippen LogP contribution in [-0.4, -0.2) is 40.4 Å². The molecular weight excluding hydrogens is 434 g/mol. The predicted molar refractivity (Wildman–Crippen MR) is 126 cm³/mol. The van der Waals surface area contributed by atoms with Gasteiger partial charge in [0.2, 0.25) is 5.91 Å². The van der Waals surface area contributed by atoms with Gasteiger partial charge in [0.25, 0.3) is 5.69 Å². The highest BCUT2D eigenvalue weighted by Gasteiger charge is 2.42. The summed E-state index contributed by atoms with van der Waals surface area (Å²) >= 11 is 0. The summed E-state index contributed by atoms with van der Waals surface area (Å²) in [5.74, 6) is -0.925. The molecule has 0 unspecified atom stereocenters. The number of hydrogen-bond acceptors (Lipinski definition) is 6. The van der Waals surface area contributed by atoms with Crippen molar-refractivity contribution in [3.8, 4) is 0 Å². The van der Waals surface area contributed by atoms with E-state index in [-0.39, 0.29) is 18.2 Å². The summed E-state index contributed by atoms with van der Waals surface area (Å²) in [4.78, 5) is 37.3. The molecule has 1 saturated heterocycles. The Kier molecular flexibility index (Phi) is 6.98. The van der Waals surface area contributed by atoms with Crippen LogP contribution in [0.1, 0.15) is 29.2 Å². The number of likely N-dealkylation sites (tertiary alicyclic amines) is 1. The number of amides is 1. The van der Waals surface area contributed by atoms with Crippen molar-refractivity contribution in [1.82, 2.24) is 4.90 Å². The summed E-state index contributed by atoms with van der Waals surface area (Å²) in [6.45, 7) is 0.355. The molecule has 8 heteroatoms. The summed E-state index contributed by atoms with van der Waals surface area (Å²) in [6.07, 6.45) is -0.216. The van der Waals surface area contributed by atoms with Crippen LogP contribution in [0.4, 0.5) is 5.69 Å². The molecule has 3 aromatic rings. The topological polar surface area (TPSA) is 116 Å². The third-order valence-electron chi connectivity index (χ3n) is 5.99. The highest BCUT2D eigenvalue weighted by molar-refractivity contribution is 5.80. The van der Waals surface area contributed by atoms with E-state index in [1.54, 1.807) is 0 Å². The molecule has 1 amide bonds. The van der Waals surface area contributed by atoms with Crippen molar-refractivity contribution in [2.24, 2.45) is 5.73 Å². The molecule has 0 spiro atoms. The summed E-state index contributed by atoms with van der Waals surface area (Å²) < 4.78 is 5.70. The van der Waals surface area contributed by atoms with Gasteiger partial charge in [-0.15, -0.1) is 0 Å². The number of nitrogens with two attached hydrogens (primary N) is 1. The first-order valence-corrected chi connectivity index (χ1v) is 11.0. The minimum atomic E-state index is -0.595. The maximum absolute atomic E-state index is 12.6. The molecule has 1 aliphatic rings. The van der Waals surface area contributed by atoms with Gasteiger partial charge in [-0.1, -0.05) is 72.8 Å². The number of carbonyl (C=O) groups is 2. The molecule has 0 saturated carbocycles. The summed E-state index contributed by atoms with van der Waals surface area (Å²) in [6, 6.07) is 24.6. The Balaban J connectivity index is 1.51. The summed E-state index contributed by atoms with van der Waals surface area (Å²) in [5.41, 5.74) is 8.36. The number of primary amides is 1. The Labute approximate surface area is 197 Å². The second kappa shape index (κ2) is 10.3. The van der Waals surface area contributed by atoms with Crippen molar-refractivity contribution in [3.63, 3.8) is 0 Å². The first-order valence-electron chi connectivity index (χ1n) is 11.0. The van der Waals surface area contributed by atoms with Crippen LogP contribution in [0.5, 0.6) is 0 Å². The fraction of sp³-hybridized carbons (Fsp3) is 0.231. The van der Waals surface area contributed by atoms with Gasteiger partial charge in [-0.25, -0.2) is 0 Å². The zero-order valence-corrected chi connectivity index (χ0v) is 18.4. The van der Waals surface area contributed by atoms with E-state index in [4.69, 9.17) is 10.5 Å². The fourth-order valence-corrected chi connectivity index (χ4v) is 4.45. The van der Waals surface area contributed by atoms with Crippen molar-refractivity contribution < 1.29 is 19.2 Å². The number of non-ortho nitro benzene ring substituents is 1. The zero-order chi connectivity index (χ0) is 24.1. The van der Waals surface area contributed by atoms with Crippen LogP contribution in [-0.2, 0) is 20.7 Å². The van der Waals surface area contributed by atoms with Crippen LogP contribution in [0.3, 0.4) is 0 Å². The number of carbonyl (C=O) groups excluding carboxylic acids is 2. The number of nitro benzene ring substituents is 1. The van der Waals surface area contributed by atoms with E-state index in [0.717, 1.165) is 11.1 Å². The third-order valence-corrected chi connectivity index (χ3v) is 5.99. The number of hydrogen-bond donors (Lipinski definition) is 1. The van der Waals surface area contributed by atoms with Gasteiger partial charge in [0, 0.05) is 25.1 Å². The molecule has 0 aromatic heterocycles. The molecule has 1 aliphatic heterocycles. The lowest BCUT2D eigenvalue weighted by atomic mass is 9.96. The Bertz CT molecular complexity index is 1110. The second-order valence-electron chi connectivity index (χ2n) is 8.29. The average Bonchev–Trinajstić information content (AvgIpc) is 3.24. The van der Waals surface area contributed by atoms with Gasteiger partial charge in [-0.2, -0.15) is 0 Å². The highest BCUT2D eigenvalue weighted by atomic mass is 16.6. The van der Waals surface area contributed by atoms with Gasteiger partial charge in [0.15, 0.2) is 0 Å². The van der Waals surface area contributed by atoms with Crippen LogP contribution in [0.15, 0.2) is 84.9 Å². The zero-order valence-electron chi connectivity index (χ0n) is 18.4. The molecular formula is C26H25N3O5. The first-order chi connectivity index (χ1) is 16.4. The number of nitrogens with zero attached hydrogens (tertiary/aromatic N) is 2. The SMILES string of the molecule is NC(=O)[C@H]1C[C@H](OC(=O)Cc2ccc([N+](=O)[O-])cc2)CN1C(c1ccccc1)c1ccccc1. The van der Waals surface area contributed by atoms with Gasteiger partial charge >= 0.3 is 5.97 Å². The lowest BCUT2D eigenvalue weighted by molar-refractivity contribution is -0.384. The third kappa shape index (κ3) is 5.29. The highest BCUT2D eigenvalue weighted by Crippen LogP contribution is 2.35. The Hall–Kier alpha value is -4.04. The fourth-order valence-electron chi connectivity index (χ4n) is 4.45. The molecule has 8 nitrogen and oxygen atoms in total. The average molecular weight is 460 g/mol. The molecule has 0 bridgehead atoms. The maximum Gasteiger partial charge on any atom is 0.310 e. The van der Waals surface area contributed by atoms with Crippen molar-refractivity contribution in [3.05, 3.63) is 112 Å². The van der Waals surface area contributed by atoms with Crippen molar-refractivity contribution in [1.29, 1.82) is 0 Å². The van der Waals surface area contributed by atoms with E-state index in [0.29, 0.717) is 18.5 Å². The number of esters is 1. The molecule has 0 aliphatic carbocycles. The van der Waals surface area contributed by atoms with E-state index < -0.39 is 28.9 Å². The molecule has 34 heavy (non-hydrogen) atoms. The Morgan fingerprint density at radius 2 is 1.53 bits per heavy atom. The number of benzene rings is 3. The Morgan fingerprint density at radius 1 is 0.971 bits per heavy atom. The van der Waals surface area contributed by atoms with Gasteiger partial charge in [0.1, 0.15) is 6.10 Å². The van der Waals surface area contributed by atoms with Gasteiger partial charge in [0.05, 0.1) is 23.4 Å². The Morgan fingerprint density at radius 3 is 2.03 bits per heavy atom. The van der Waals surface area contributed by atoms with E-state index in [2.05, 4.69) is 0 Å². The monoisotopic (exact) mass is 459 g/mol. The van der Waals surface area contributed by atoms with Crippen molar-refractivity contribution >= 4 is 17.6 Å². The first kappa shape index (κ1) is 23.1. The van der Waals surface area contributed by atoms with E-state index in [1.165, 1.54) is 24.3 Å². The van der Waals surface area contributed by atoms with Crippen molar-refractivity contribution in [2.45, 2.75) is 31.0 Å². The van der Waals surface area contributed by atoms with E-state index >= 15 is 0 Å². The smallest absolute Gasteiger partial charge is 0.310 e. The minimum absolute atomic E-state index is 0.0173. The minimum Gasteiger partial charge on any atom is -0.461 e. The molecule has 1 heterocycles. The molecule has 2 N–H and O–H groups in total. The standard InChI is InChI=1S/C26H25N3O5/c27-26(31)23-16-22(34-24(30)15-18-11-13-21(14-12-18)29(32)33)17-28(23)25(19-7-3-1-4-8-19)20-9-5-2-6-10-20/h1-14,22-23,25H,15-17H2,(H2,27,31)/t22-,23+/m0/s1. The molecule has 4 rings (SSSR count). The van der Waals surface area contributed by atoms with Gasteiger partial charge in [-0.3, -0.25) is 24.6 Å². The van der Waals surface area contributed by atoms with Crippen LogP contribution in [0.2, 0.25) is 0 Å². The van der Waals surface area contributed by atoms with Crippen molar-refractivity contribution in [2.75, 3.05) is 6.54 Å². The quantitative estimate of drug-likeness (QED) is 0.314. The summed E-state index contributed by atoms with van der Waals surface area (Å²) in [5, 5.41) is 10.8.